The van der Waals surface area contributed by atoms with Crippen LogP contribution in [0, 0.1) is 0 Å². The minimum absolute atomic E-state index is 0.778. The lowest BCUT2D eigenvalue weighted by molar-refractivity contribution is 1.07. The van der Waals surface area contributed by atoms with Crippen LogP contribution in [-0.4, -0.2) is 18.6 Å². The van der Waals surface area contributed by atoms with Gasteiger partial charge in [-0.1, -0.05) is 42.5 Å². The first kappa shape index (κ1) is 11.7. The first-order chi connectivity index (χ1) is 9.34. The van der Waals surface area contributed by atoms with Crippen molar-refractivity contribution in [3.63, 3.8) is 0 Å². The molecule has 0 bridgehead atoms. The lowest BCUT2D eigenvalue weighted by Crippen LogP contribution is -2.32. The molecule has 0 saturated carbocycles. The minimum atomic E-state index is 0.778. The molecule has 0 N–H and O–H groups in total. The summed E-state index contributed by atoms with van der Waals surface area (Å²) in [5.74, 6) is 0.926. The maximum atomic E-state index is 4.08. The Morgan fingerprint density at radius 3 is 2.26 bits per heavy atom. The van der Waals surface area contributed by atoms with Crippen molar-refractivity contribution in [1.82, 2.24) is 0 Å². The molecule has 0 aliphatic carbocycles. The molecule has 1 aliphatic rings. The Balaban J connectivity index is 1.88. The fraction of sp³-hybridized carbons (Fsp3) is 0.125. The Morgan fingerprint density at radius 1 is 0.895 bits per heavy atom. The van der Waals surface area contributed by atoms with Crippen LogP contribution in [-0.2, 0) is 0 Å². The van der Waals surface area contributed by atoms with E-state index < -0.39 is 0 Å². The van der Waals surface area contributed by atoms with Crippen LogP contribution < -0.4 is 4.90 Å². The lowest BCUT2D eigenvalue weighted by atomic mass is 10.1. The van der Waals surface area contributed by atoms with Crippen LogP contribution in [0.2, 0.25) is 0 Å². The third-order valence-electron chi connectivity index (χ3n) is 3.23. The summed E-state index contributed by atoms with van der Waals surface area (Å²) in [6.45, 7) is 2.75. The Hall–Kier alpha value is -2.42. The topological polar surface area (TPSA) is 28.0 Å². The maximum Gasteiger partial charge on any atom is 0.129 e. The van der Waals surface area contributed by atoms with Crippen LogP contribution in [0.15, 0.2) is 64.8 Å². The standard InChI is InChI=1S/C16H15N3/c1-13-18-17-11-12-19(13)16-9-7-15(8-10-16)14-5-3-2-4-6-14/h2-11H,12H2,1H3. The van der Waals surface area contributed by atoms with Crippen molar-refractivity contribution in [1.29, 1.82) is 0 Å². The monoisotopic (exact) mass is 249 g/mol. The summed E-state index contributed by atoms with van der Waals surface area (Å²) >= 11 is 0. The molecule has 0 spiro atoms. The van der Waals surface area contributed by atoms with Gasteiger partial charge in [-0.15, -0.1) is 5.10 Å². The molecule has 0 radical (unpaired) electrons. The van der Waals surface area contributed by atoms with Gasteiger partial charge in [-0.2, -0.15) is 5.10 Å². The van der Waals surface area contributed by atoms with Crippen molar-refractivity contribution in [2.45, 2.75) is 6.92 Å². The summed E-state index contributed by atoms with van der Waals surface area (Å²) in [4.78, 5) is 2.14. The van der Waals surface area contributed by atoms with Crippen molar-refractivity contribution >= 4 is 17.7 Å². The van der Waals surface area contributed by atoms with Crippen molar-refractivity contribution in [3.05, 3.63) is 54.6 Å². The molecule has 2 aromatic rings. The first-order valence-corrected chi connectivity index (χ1v) is 6.34. The molecule has 94 valence electrons. The molecule has 0 aromatic heterocycles. The summed E-state index contributed by atoms with van der Waals surface area (Å²) in [7, 11) is 0. The molecule has 0 amide bonds. The van der Waals surface area contributed by atoms with E-state index in [2.05, 4.69) is 63.6 Å². The van der Waals surface area contributed by atoms with Crippen LogP contribution in [0.1, 0.15) is 6.92 Å². The third kappa shape index (κ3) is 2.40. The van der Waals surface area contributed by atoms with E-state index in [1.807, 2.05) is 19.2 Å². The lowest BCUT2D eigenvalue weighted by Gasteiger charge is -2.23. The molecule has 0 unspecified atom stereocenters. The molecular weight excluding hydrogens is 234 g/mol. The Morgan fingerprint density at radius 2 is 1.58 bits per heavy atom. The normalized spacial score (nSPS) is 14.4. The number of hydrogen-bond acceptors (Lipinski definition) is 3. The van der Waals surface area contributed by atoms with Gasteiger partial charge >= 0.3 is 0 Å². The second-order valence-corrected chi connectivity index (χ2v) is 4.47. The Labute approximate surface area is 112 Å². The molecule has 3 heteroatoms. The second kappa shape index (κ2) is 5.06. The zero-order valence-electron chi connectivity index (χ0n) is 10.8. The van der Waals surface area contributed by atoms with Gasteiger partial charge in [0.25, 0.3) is 0 Å². The number of nitrogens with zero attached hydrogens (tertiary/aromatic N) is 3. The smallest absolute Gasteiger partial charge is 0.129 e. The van der Waals surface area contributed by atoms with Crippen LogP contribution in [0.25, 0.3) is 11.1 Å². The van der Waals surface area contributed by atoms with E-state index in [1.54, 1.807) is 0 Å². The summed E-state index contributed by atoms with van der Waals surface area (Å²) in [5, 5.41) is 8.00. The summed E-state index contributed by atoms with van der Waals surface area (Å²) in [6, 6.07) is 18.9. The molecule has 3 nitrogen and oxygen atoms in total. The van der Waals surface area contributed by atoms with Crippen LogP contribution in [0.4, 0.5) is 5.69 Å². The average Bonchev–Trinajstić information content (AvgIpc) is 2.49. The van der Waals surface area contributed by atoms with E-state index in [1.165, 1.54) is 11.1 Å². The first-order valence-electron chi connectivity index (χ1n) is 6.34. The molecule has 1 heterocycles. The number of amidine groups is 1. The molecule has 2 aromatic carbocycles. The Kier molecular flexibility index (Phi) is 3.11. The molecule has 3 rings (SSSR count). The fourth-order valence-corrected chi connectivity index (χ4v) is 2.19. The summed E-state index contributed by atoms with van der Waals surface area (Å²) in [5.41, 5.74) is 3.61. The van der Waals surface area contributed by atoms with E-state index >= 15 is 0 Å². The zero-order valence-corrected chi connectivity index (χ0v) is 10.8. The van der Waals surface area contributed by atoms with E-state index in [-0.39, 0.29) is 0 Å². The van der Waals surface area contributed by atoms with Crippen molar-refractivity contribution < 1.29 is 0 Å². The maximum absolute atomic E-state index is 4.08. The predicted octanol–water partition coefficient (Wildman–Crippen LogP) is 3.58. The number of rotatable bonds is 2. The van der Waals surface area contributed by atoms with Gasteiger partial charge in [0.2, 0.25) is 0 Å². The highest BCUT2D eigenvalue weighted by Gasteiger charge is 2.11. The molecule has 0 fully saturated rings. The van der Waals surface area contributed by atoms with Gasteiger partial charge in [0.05, 0.1) is 6.54 Å². The Bertz CT molecular complexity index is 612. The van der Waals surface area contributed by atoms with Crippen LogP contribution >= 0.6 is 0 Å². The van der Waals surface area contributed by atoms with E-state index in [9.17, 15) is 0 Å². The third-order valence-corrected chi connectivity index (χ3v) is 3.23. The van der Waals surface area contributed by atoms with Gasteiger partial charge in [0.1, 0.15) is 5.84 Å². The molecular formula is C16H15N3. The zero-order chi connectivity index (χ0) is 13.1. The van der Waals surface area contributed by atoms with Gasteiger partial charge in [-0.3, -0.25) is 0 Å². The van der Waals surface area contributed by atoms with E-state index in [4.69, 9.17) is 0 Å². The largest absolute Gasteiger partial charge is 0.323 e. The molecule has 0 atom stereocenters. The summed E-state index contributed by atoms with van der Waals surface area (Å²) in [6.07, 6.45) is 1.82. The molecule has 19 heavy (non-hydrogen) atoms. The quantitative estimate of drug-likeness (QED) is 0.799. The predicted molar refractivity (Wildman–Crippen MR) is 80.8 cm³/mol. The summed E-state index contributed by atoms with van der Waals surface area (Å²) < 4.78 is 0. The van der Waals surface area contributed by atoms with Gasteiger partial charge < -0.3 is 4.90 Å². The van der Waals surface area contributed by atoms with Gasteiger partial charge in [0, 0.05) is 11.9 Å². The number of hydrogen-bond donors (Lipinski definition) is 0. The number of anilines is 1. The van der Waals surface area contributed by atoms with E-state index in [0.29, 0.717) is 0 Å². The highest BCUT2D eigenvalue weighted by molar-refractivity contribution is 6.00. The molecule has 0 saturated heterocycles. The van der Waals surface area contributed by atoms with Crippen molar-refractivity contribution in [2.75, 3.05) is 11.4 Å². The fourth-order valence-electron chi connectivity index (χ4n) is 2.19. The highest BCUT2D eigenvalue weighted by atomic mass is 15.3. The highest BCUT2D eigenvalue weighted by Crippen LogP contribution is 2.23. The minimum Gasteiger partial charge on any atom is -0.323 e. The van der Waals surface area contributed by atoms with Gasteiger partial charge in [-0.25, -0.2) is 0 Å². The van der Waals surface area contributed by atoms with Crippen LogP contribution in [0.3, 0.4) is 0 Å². The number of benzene rings is 2. The SMILES string of the molecule is CC1=NN=CCN1c1ccc(-c2ccccc2)cc1. The van der Waals surface area contributed by atoms with Crippen molar-refractivity contribution in [2.24, 2.45) is 10.2 Å². The average molecular weight is 249 g/mol. The molecule has 1 aliphatic heterocycles. The second-order valence-electron chi connectivity index (χ2n) is 4.47. The van der Waals surface area contributed by atoms with Gasteiger partial charge in [0.15, 0.2) is 0 Å². The van der Waals surface area contributed by atoms with Crippen LogP contribution in [0.5, 0.6) is 0 Å². The van der Waals surface area contributed by atoms with Crippen molar-refractivity contribution in [3.8, 4) is 11.1 Å². The van der Waals surface area contributed by atoms with E-state index in [0.717, 1.165) is 18.1 Å². The van der Waals surface area contributed by atoms with Gasteiger partial charge in [-0.05, 0) is 30.2 Å².